The molecule has 7 heteroatoms. The molecule has 0 aromatic carbocycles. The fraction of sp³-hybridized carbons (Fsp3) is 0.632. The summed E-state index contributed by atoms with van der Waals surface area (Å²) in [6.07, 6.45) is 3.52. The van der Waals surface area contributed by atoms with Crippen molar-refractivity contribution >= 4 is 11.3 Å². The second-order valence-electron chi connectivity index (χ2n) is 8.13. The van der Waals surface area contributed by atoms with Gasteiger partial charge in [-0.05, 0) is 37.8 Å². The largest absolute Gasteiger partial charge is 0.332 e. The molecule has 6 nitrogen and oxygen atoms in total. The van der Waals surface area contributed by atoms with Crippen LogP contribution in [0.25, 0.3) is 0 Å². The Morgan fingerprint density at radius 1 is 1.15 bits per heavy atom. The van der Waals surface area contributed by atoms with Gasteiger partial charge in [-0.3, -0.25) is 19.1 Å². The molecule has 1 saturated heterocycles. The molecule has 138 valence electrons. The third kappa shape index (κ3) is 2.68. The van der Waals surface area contributed by atoms with Crippen LogP contribution in [0.3, 0.4) is 0 Å². The van der Waals surface area contributed by atoms with Crippen LogP contribution in [0.5, 0.6) is 0 Å². The zero-order chi connectivity index (χ0) is 17.8. The third-order valence-electron chi connectivity index (χ3n) is 6.26. The number of likely N-dealkylation sites (tertiary alicyclic amines) is 1. The average molecular weight is 372 g/mol. The Morgan fingerprint density at radius 2 is 2.00 bits per heavy atom. The SMILES string of the molecule is Cc1ccc(CN2CC3Cn4c(nn(CC5CCC5)c(=O)c4=O)C3C2)s1. The van der Waals surface area contributed by atoms with Gasteiger partial charge in [0.2, 0.25) is 0 Å². The molecule has 0 radical (unpaired) electrons. The van der Waals surface area contributed by atoms with Gasteiger partial charge in [-0.2, -0.15) is 5.10 Å². The maximum atomic E-state index is 12.6. The second kappa shape index (κ2) is 6.16. The Kier molecular flexibility index (Phi) is 3.90. The van der Waals surface area contributed by atoms with E-state index in [0.717, 1.165) is 38.3 Å². The average Bonchev–Trinajstić information content (AvgIpc) is 3.23. The van der Waals surface area contributed by atoms with E-state index in [4.69, 9.17) is 0 Å². The Morgan fingerprint density at radius 3 is 2.69 bits per heavy atom. The van der Waals surface area contributed by atoms with E-state index in [2.05, 4.69) is 29.1 Å². The van der Waals surface area contributed by atoms with Gasteiger partial charge >= 0.3 is 11.1 Å². The number of aromatic nitrogens is 3. The molecule has 2 aliphatic heterocycles. The Bertz CT molecular complexity index is 955. The second-order valence-corrected chi connectivity index (χ2v) is 9.50. The summed E-state index contributed by atoms with van der Waals surface area (Å²) < 4.78 is 3.12. The first-order chi connectivity index (χ1) is 12.6. The predicted octanol–water partition coefficient (Wildman–Crippen LogP) is 1.80. The highest BCUT2D eigenvalue weighted by Crippen LogP contribution is 2.38. The highest BCUT2D eigenvalue weighted by atomic mass is 32.1. The quantitative estimate of drug-likeness (QED) is 0.768. The number of fused-ring (bicyclic) bond motifs is 3. The lowest BCUT2D eigenvalue weighted by atomic mass is 9.85. The van der Waals surface area contributed by atoms with Crippen molar-refractivity contribution in [3.63, 3.8) is 0 Å². The van der Waals surface area contributed by atoms with Crippen LogP contribution in [0, 0.1) is 18.8 Å². The maximum Gasteiger partial charge on any atom is 0.332 e. The van der Waals surface area contributed by atoms with Crippen LogP contribution >= 0.6 is 11.3 Å². The molecule has 0 N–H and O–H groups in total. The molecule has 4 heterocycles. The molecule has 3 aliphatic rings. The number of nitrogens with zero attached hydrogens (tertiary/aromatic N) is 4. The van der Waals surface area contributed by atoms with Crippen molar-refractivity contribution in [3.05, 3.63) is 48.4 Å². The fourth-order valence-corrected chi connectivity index (χ4v) is 5.57. The summed E-state index contributed by atoms with van der Waals surface area (Å²) in [6.45, 7) is 6.26. The summed E-state index contributed by atoms with van der Waals surface area (Å²) in [6, 6.07) is 4.38. The van der Waals surface area contributed by atoms with Crippen molar-refractivity contribution in [1.29, 1.82) is 0 Å². The topological polar surface area (TPSA) is 60.1 Å². The first kappa shape index (κ1) is 16.4. The molecule has 2 fully saturated rings. The van der Waals surface area contributed by atoms with E-state index >= 15 is 0 Å². The van der Waals surface area contributed by atoms with E-state index in [1.807, 2.05) is 11.3 Å². The van der Waals surface area contributed by atoms with Crippen LogP contribution in [-0.2, 0) is 19.6 Å². The van der Waals surface area contributed by atoms with Crippen molar-refractivity contribution in [2.45, 2.75) is 51.7 Å². The molecule has 1 saturated carbocycles. The number of rotatable bonds is 4. The zero-order valence-corrected chi connectivity index (χ0v) is 15.9. The maximum absolute atomic E-state index is 12.6. The van der Waals surface area contributed by atoms with E-state index in [9.17, 15) is 9.59 Å². The summed E-state index contributed by atoms with van der Waals surface area (Å²) in [5.41, 5.74) is -0.810. The summed E-state index contributed by atoms with van der Waals surface area (Å²) >= 11 is 1.85. The Balaban J connectivity index is 1.39. The van der Waals surface area contributed by atoms with Crippen molar-refractivity contribution in [3.8, 4) is 0 Å². The molecule has 0 spiro atoms. The van der Waals surface area contributed by atoms with Crippen LogP contribution < -0.4 is 11.1 Å². The van der Waals surface area contributed by atoms with Crippen LogP contribution in [0.15, 0.2) is 21.7 Å². The minimum Gasteiger partial charge on any atom is -0.297 e. The molecule has 2 aromatic heterocycles. The molecule has 2 aromatic rings. The van der Waals surface area contributed by atoms with Gasteiger partial charge in [0.25, 0.3) is 0 Å². The smallest absolute Gasteiger partial charge is 0.297 e. The van der Waals surface area contributed by atoms with Crippen molar-refractivity contribution in [1.82, 2.24) is 19.2 Å². The molecule has 1 aliphatic carbocycles. The minimum absolute atomic E-state index is 0.275. The van der Waals surface area contributed by atoms with Crippen molar-refractivity contribution < 1.29 is 0 Å². The Hall–Kier alpha value is -1.73. The summed E-state index contributed by atoms with van der Waals surface area (Å²) in [7, 11) is 0. The molecule has 2 unspecified atom stereocenters. The van der Waals surface area contributed by atoms with E-state index in [1.165, 1.54) is 20.9 Å². The fourth-order valence-electron chi connectivity index (χ4n) is 4.64. The minimum atomic E-state index is -0.438. The lowest BCUT2D eigenvalue weighted by molar-refractivity contribution is 0.256. The van der Waals surface area contributed by atoms with Crippen LogP contribution in [0.2, 0.25) is 0 Å². The normalized spacial score (nSPS) is 25.3. The van der Waals surface area contributed by atoms with Gasteiger partial charge in [0, 0.05) is 54.3 Å². The van der Waals surface area contributed by atoms with E-state index in [0.29, 0.717) is 24.9 Å². The van der Waals surface area contributed by atoms with Gasteiger partial charge in [-0.25, -0.2) is 4.68 Å². The van der Waals surface area contributed by atoms with Gasteiger partial charge < -0.3 is 0 Å². The standard InChI is InChI=1S/C19H24N4O2S/c1-12-5-6-15(26-12)10-21-8-14-9-22-17(16(14)11-21)20-23(19(25)18(22)24)7-13-3-2-4-13/h5-6,13-14,16H,2-4,7-11H2,1H3. The highest BCUT2D eigenvalue weighted by Gasteiger charge is 2.42. The molecular weight excluding hydrogens is 348 g/mol. The lowest BCUT2D eigenvalue weighted by Crippen LogP contribution is -2.45. The summed E-state index contributed by atoms with van der Waals surface area (Å²) in [5.74, 6) is 2.03. The molecule has 2 atom stereocenters. The number of hydrogen-bond acceptors (Lipinski definition) is 5. The van der Waals surface area contributed by atoms with E-state index in [-0.39, 0.29) is 11.5 Å². The van der Waals surface area contributed by atoms with Gasteiger partial charge in [-0.1, -0.05) is 6.42 Å². The van der Waals surface area contributed by atoms with Gasteiger partial charge in [0.1, 0.15) is 5.82 Å². The molecule has 0 amide bonds. The summed E-state index contributed by atoms with van der Waals surface area (Å²) in [5, 5.41) is 4.67. The Labute approximate surface area is 156 Å². The molecular formula is C19H24N4O2S. The molecule has 5 rings (SSSR count). The monoisotopic (exact) mass is 372 g/mol. The van der Waals surface area contributed by atoms with Gasteiger partial charge in [0.05, 0.1) is 0 Å². The number of aryl methyl sites for hydroxylation is 1. The van der Waals surface area contributed by atoms with Crippen LogP contribution in [0.4, 0.5) is 0 Å². The van der Waals surface area contributed by atoms with Gasteiger partial charge in [0.15, 0.2) is 0 Å². The molecule has 26 heavy (non-hydrogen) atoms. The number of thiophene rings is 1. The predicted molar refractivity (Wildman–Crippen MR) is 101 cm³/mol. The van der Waals surface area contributed by atoms with Gasteiger partial charge in [-0.15, -0.1) is 11.3 Å². The highest BCUT2D eigenvalue weighted by molar-refractivity contribution is 7.11. The van der Waals surface area contributed by atoms with Crippen molar-refractivity contribution in [2.24, 2.45) is 11.8 Å². The van der Waals surface area contributed by atoms with Crippen LogP contribution in [0.1, 0.15) is 40.8 Å². The third-order valence-corrected chi connectivity index (χ3v) is 7.24. The molecule has 0 bridgehead atoms. The first-order valence-corrected chi connectivity index (χ1v) is 10.4. The van der Waals surface area contributed by atoms with E-state index < -0.39 is 5.56 Å². The van der Waals surface area contributed by atoms with Crippen molar-refractivity contribution in [2.75, 3.05) is 13.1 Å². The lowest BCUT2D eigenvalue weighted by Gasteiger charge is -2.25. The summed E-state index contributed by atoms with van der Waals surface area (Å²) in [4.78, 5) is 30.1. The zero-order valence-electron chi connectivity index (χ0n) is 15.1. The number of hydrogen-bond donors (Lipinski definition) is 0. The van der Waals surface area contributed by atoms with E-state index in [1.54, 1.807) is 4.57 Å². The first-order valence-electron chi connectivity index (χ1n) is 9.58. The van der Waals surface area contributed by atoms with Crippen LogP contribution in [-0.4, -0.2) is 32.3 Å².